The first-order chi connectivity index (χ1) is 10.6. The zero-order valence-electron chi connectivity index (χ0n) is 12.8. The fourth-order valence-corrected chi connectivity index (χ4v) is 3.04. The topological polar surface area (TPSA) is 58.4 Å². The van der Waals surface area contributed by atoms with E-state index in [1.165, 1.54) is 17.7 Å². The van der Waals surface area contributed by atoms with E-state index in [2.05, 4.69) is 16.8 Å². The van der Waals surface area contributed by atoms with E-state index in [4.69, 9.17) is 10.2 Å². The molecule has 0 saturated heterocycles. The van der Waals surface area contributed by atoms with Gasteiger partial charge >= 0.3 is 5.97 Å². The monoisotopic (exact) mass is 299 g/mol. The van der Waals surface area contributed by atoms with Gasteiger partial charge in [0.1, 0.15) is 0 Å². The molecule has 0 spiro atoms. The van der Waals surface area contributed by atoms with Gasteiger partial charge in [-0.15, -0.1) is 0 Å². The second-order valence-corrected chi connectivity index (χ2v) is 5.85. The molecule has 0 amide bonds. The van der Waals surface area contributed by atoms with Gasteiger partial charge in [-0.25, -0.2) is 4.68 Å². The van der Waals surface area contributed by atoms with Crippen molar-refractivity contribution in [3.63, 3.8) is 0 Å². The Morgan fingerprint density at radius 2 is 2.09 bits per heavy atom. The lowest BCUT2D eigenvalue weighted by Crippen LogP contribution is -2.22. The number of para-hydroxylation sites is 1. The Hall–Kier alpha value is -2.14. The second kappa shape index (κ2) is 6.32. The molecule has 3 rings (SSSR count). The van der Waals surface area contributed by atoms with Gasteiger partial charge in [0, 0.05) is 18.8 Å². The first-order valence-corrected chi connectivity index (χ1v) is 7.70. The van der Waals surface area contributed by atoms with E-state index >= 15 is 0 Å². The zero-order chi connectivity index (χ0) is 15.5. The molecule has 0 fully saturated rings. The number of aromatic nitrogens is 2. The number of carboxylic acids is 1. The summed E-state index contributed by atoms with van der Waals surface area (Å²) in [5.41, 5.74) is 4.85. The fraction of sp³-hybridized carbons (Fsp3) is 0.412. The molecule has 1 N–H and O–H groups in total. The largest absolute Gasteiger partial charge is 0.481 e. The van der Waals surface area contributed by atoms with Crippen LogP contribution in [0.4, 0.5) is 0 Å². The molecule has 1 heterocycles. The van der Waals surface area contributed by atoms with Gasteiger partial charge in [0.05, 0.1) is 17.8 Å². The number of hydrogen-bond acceptors (Lipinski definition) is 3. The minimum Gasteiger partial charge on any atom is -0.481 e. The average molecular weight is 299 g/mol. The summed E-state index contributed by atoms with van der Waals surface area (Å²) in [6.45, 7) is 1.25. The van der Waals surface area contributed by atoms with E-state index in [0.29, 0.717) is 13.1 Å². The van der Waals surface area contributed by atoms with E-state index in [1.54, 1.807) is 0 Å². The van der Waals surface area contributed by atoms with Crippen LogP contribution in [0.25, 0.3) is 5.69 Å². The van der Waals surface area contributed by atoms with Crippen LogP contribution in [0.5, 0.6) is 0 Å². The summed E-state index contributed by atoms with van der Waals surface area (Å²) in [6, 6.07) is 10.2. The van der Waals surface area contributed by atoms with Gasteiger partial charge in [0.25, 0.3) is 0 Å². The predicted molar refractivity (Wildman–Crippen MR) is 84.2 cm³/mol. The van der Waals surface area contributed by atoms with E-state index < -0.39 is 5.97 Å². The minimum atomic E-state index is -0.758. The molecule has 5 heteroatoms. The van der Waals surface area contributed by atoms with Crippen molar-refractivity contribution in [2.75, 3.05) is 13.6 Å². The van der Waals surface area contributed by atoms with Crippen LogP contribution in [0.15, 0.2) is 30.3 Å². The molecule has 0 bridgehead atoms. The maximum Gasteiger partial charge on any atom is 0.304 e. The van der Waals surface area contributed by atoms with Crippen LogP contribution in [0.1, 0.15) is 29.8 Å². The standard InChI is InChI=1S/C17H21N3O2/c1-19(11-10-17(21)22)12-15-14-8-5-9-16(14)20(18-15)13-6-3-2-4-7-13/h2-4,6-7H,5,8-12H2,1H3,(H,21,22). The summed E-state index contributed by atoms with van der Waals surface area (Å²) >= 11 is 0. The quantitative estimate of drug-likeness (QED) is 0.889. The molecule has 0 radical (unpaired) electrons. The van der Waals surface area contributed by atoms with Crippen LogP contribution in [-0.4, -0.2) is 39.3 Å². The molecule has 0 atom stereocenters. The number of carbonyl (C=O) groups is 1. The summed E-state index contributed by atoms with van der Waals surface area (Å²) in [4.78, 5) is 12.7. The molecular formula is C17H21N3O2. The van der Waals surface area contributed by atoms with Crippen molar-refractivity contribution in [1.82, 2.24) is 14.7 Å². The van der Waals surface area contributed by atoms with Crippen molar-refractivity contribution >= 4 is 5.97 Å². The van der Waals surface area contributed by atoms with Crippen LogP contribution in [-0.2, 0) is 24.2 Å². The molecule has 5 nitrogen and oxygen atoms in total. The lowest BCUT2D eigenvalue weighted by molar-refractivity contribution is -0.137. The number of rotatable bonds is 6. The summed E-state index contributed by atoms with van der Waals surface area (Å²) in [7, 11) is 1.95. The SMILES string of the molecule is CN(CCC(=O)O)Cc1nn(-c2ccccc2)c2c1CCC2. The van der Waals surface area contributed by atoms with Crippen LogP contribution in [0, 0.1) is 0 Å². The molecule has 1 aliphatic rings. The number of carboxylic acid groups (broad SMARTS) is 1. The van der Waals surface area contributed by atoms with Crippen molar-refractivity contribution in [2.24, 2.45) is 0 Å². The molecule has 2 aromatic rings. The number of hydrogen-bond donors (Lipinski definition) is 1. The summed E-state index contributed by atoms with van der Waals surface area (Å²) in [5.74, 6) is -0.758. The first kappa shape index (κ1) is 14.8. The third-order valence-electron chi connectivity index (χ3n) is 4.14. The first-order valence-electron chi connectivity index (χ1n) is 7.70. The Morgan fingerprint density at radius 3 is 2.82 bits per heavy atom. The maximum atomic E-state index is 10.7. The van der Waals surface area contributed by atoms with Crippen molar-refractivity contribution < 1.29 is 9.90 Å². The van der Waals surface area contributed by atoms with Crippen LogP contribution in [0.2, 0.25) is 0 Å². The fourth-order valence-electron chi connectivity index (χ4n) is 3.04. The van der Waals surface area contributed by atoms with Crippen LogP contribution >= 0.6 is 0 Å². The summed E-state index contributed by atoms with van der Waals surface area (Å²) < 4.78 is 2.06. The summed E-state index contributed by atoms with van der Waals surface area (Å²) in [6.07, 6.45) is 3.48. The number of aliphatic carboxylic acids is 1. The Bertz CT molecular complexity index is 664. The lowest BCUT2D eigenvalue weighted by atomic mass is 10.2. The molecule has 1 aromatic carbocycles. The number of nitrogens with zero attached hydrogens (tertiary/aromatic N) is 3. The molecule has 0 unspecified atom stereocenters. The van der Waals surface area contributed by atoms with Crippen LogP contribution in [0.3, 0.4) is 0 Å². The Labute approximate surface area is 130 Å². The smallest absolute Gasteiger partial charge is 0.304 e. The van der Waals surface area contributed by atoms with Gasteiger partial charge in [-0.05, 0) is 44.0 Å². The van der Waals surface area contributed by atoms with Gasteiger partial charge < -0.3 is 5.11 Å². The minimum absolute atomic E-state index is 0.165. The third kappa shape index (κ3) is 3.04. The molecule has 0 saturated carbocycles. The normalized spacial score (nSPS) is 13.5. The van der Waals surface area contributed by atoms with Crippen molar-refractivity contribution in [2.45, 2.75) is 32.2 Å². The Balaban J connectivity index is 1.82. The average Bonchev–Trinajstić information content (AvgIpc) is 3.10. The highest BCUT2D eigenvalue weighted by Gasteiger charge is 2.23. The highest BCUT2D eigenvalue weighted by Crippen LogP contribution is 2.28. The molecule has 1 aromatic heterocycles. The van der Waals surface area contributed by atoms with E-state index in [-0.39, 0.29) is 6.42 Å². The Kier molecular flexibility index (Phi) is 4.24. The zero-order valence-corrected chi connectivity index (χ0v) is 12.8. The summed E-state index contributed by atoms with van der Waals surface area (Å²) in [5, 5.41) is 13.6. The van der Waals surface area contributed by atoms with E-state index in [0.717, 1.165) is 24.2 Å². The molecule has 0 aliphatic heterocycles. The molecule has 116 valence electrons. The van der Waals surface area contributed by atoms with Gasteiger partial charge in [0.2, 0.25) is 0 Å². The second-order valence-electron chi connectivity index (χ2n) is 5.85. The van der Waals surface area contributed by atoms with Gasteiger partial charge in [-0.1, -0.05) is 18.2 Å². The van der Waals surface area contributed by atoms with Crippen molar-refractivity contribution in [3.8, 4) is 5.69 Å². The van der Waals surface area contributed by atoms with Gasteiger partial charge in [-0.3, -0.25) is 9.69 Å². The van der Waals surface area contributed by atoms with E-state index in [9.17, 15) is 4.79 Å². The molecular weight excluding hydrogens is 278 g/mol. The van der Waals surface area contributed by atoms with E-state index in [1.807, 2.05) is 30.1 Å². The van der Waals surface area contributed by atoms with Crippen LogP contribution < -0.4 is 0 Å². The Morgan fingerprint density at radius 1 is 1.32 bits per heavy atom. The highest BCUT2D eigenvalue weighted by atomic mass is 16.4. The predicted octanol–water partition coefficient (Wildman–Crippen LogP) is 2.27. The van der Waals surface area contributed by atoms with Gasteiger partial charge in [-0.2, -0.15) is 5.10 Å². The number of benzene rings is 1. The van der Waals surface area contributed by atoms with Crippen molar-refractivity contribution in [3.05, 3.63) is 47.3 Å². The third-order valence-corrected chi connectivity index (χ3v) is 4.14. The molecule has 1 aliphatic carbocycles. The number of fused-ring (bicyclic) bond motifs is 1. The van der Waals surface area contributed by atoms with Crippen molar-refractivity contribution in [1.29, 1.82) is 0 Å². The molecule has 22 heavy (non-hydrogen) atoms. The lowest BCUT2D eigenvalue weighted by Gasteiger charge is -2.14. The maximum absolute atomic E-state index is 10.7. The highest BCUT2D eigenvalue weighted by molar-refractivity contribution is 5.66. The van der Waals surface area contributed by atoms with Gasteiger partial charge in [0.15, 0.2) is 0 Å².